The van der Waals surface area contributed by atoms with E-state index in [1.165, 1.54) is 0 Å². The minimum atomic E-state index is -0.620. The fourth-order valence-electron chi connectivity index (χ4n) is 7.91. The monoisotopic (exact) mass is 359 g/mol. The minimum absolute atomic E-state index is 0.0850. The van der Waals surface area contributed by atoms with Gasteiger partial charge in [0.25, 0.3) is 0 Å². The van der Waals surface area contributed by atoms with E-state index in [1.54, 1.807) is 0 Å². The van der Waals surface area contributed by atoms with Crippen LogP contribution in [0.25, 0.3) is 0 Å². The predicted molar refractivity (Wildman–Crippen MR) is 95.0 cm³/mol. The lowest BCUT2D eigenvalue weighted by atomic mass is 8.92. The molecule has 6 aliphatic rings. The first-order chi connectivity index (χ1) is 13.1. The number of ether oxygens (including phenoxy) is 1. The summed E-state index contributed by atoms with van der Waals surface area (Å²) in [4.78, 5) is 24.7. The molecule has 0 saturated heterocycles. The van der Waals surface area contributed by atoms with Crippen molar-refractivity contribution in [3.8, 4) is 11.5 Å². The lowest BCUT2D eigenvalue weighted by Crippen LogP contribution is -3.12. The lowest BCUT2D eigenvalue weighted by molar-refractivity contribution is -0.625. The van der Waals surface area contributed by atoms with Crippen LogP contribution in [0.2, 0.25) is 0 Å². The number of benzene rings is 2. The molecule has 0 spiro atoms. The van der Waals surface area contributed by atoms with Gasteiger partial charge in [-0.25, -0.2) is 0 Å². The van der Waals surface area contributed by atoms with Crippen molar-refractivity contribution in [2.45, 2.75) is 0 Å². The number of carbonyl (C=O) groups is 2. The van der Waals surface area contributed by atoms with Gasteiger partial charge in [-0.1, -0.05) is 24.3 Å². The molecule has 27 heavy (non-hydrogen) atoms. The summed E-state index contributed by atoms with van der Waals surface area (Å²) < 4.78 is 5.84. The predicted octanol–water partition coefficient (Wildman–Crippen LogP) is 3.24. The Balaban J connectivity index is 1.10. The first-order valence-corrected chi connectivity index (χ1v) is 9.50. The van der Waals surface area contributed by atoms with Crippen LogP contribution in [0.1, 0.15) is 0 Å². The van der Waals surface area contributed by atoms with Crippen molar-refractivity contribution < 1.29 is 19.4 Å². The number of aliphatic carboxylic acids is 1. The Morgan fingerprint density at radius 3 is 2.04 bits per heavy atom. The van der Waals surface area contributed by atoms with Crippen LogP contribution in [-0.2, 0) is 9.59 Å². The normalized spacial score (nSPS) is 45.0. The Bertz CT molecular complexity index is 992. The van der Waals surface area contributed by atoms with E-state index >= 15 is 0 Å². The molecule has 6 aliphatic carbocycles. The smallest absolute Gasteiger partial charge is 0.310 e. The fraction of sp³-hybridized carbons (Fsp3) is 0.364. The SMILES string of the molecule is O=C(O)C12C3C4C1C1C2C3C41C(=O)Nc1cccc(Oc2ccccc2)c1. The zero-order valence-electron chi connectivity index (χ0n) is 14.3. The molecule has 0 atom stereocenters. The number of para-hydroxylation sites is 1. The molecule has 6 saturated carbocycles. The lowest BCUT2D eigenvalue weighted by Gasteiger charge is -3.09. The molecule has 2 aromatic rings. The van der Waals surface area contributed by atoms with Gasteiger partial charge < -0.3 is 15.2 Å². The molecule has 0 unspecified atom stereocenters. The maximum absolute atomic E-state index is 13.0. The molecule has 6 fully saturated rings. The summed E-state index contributed by atoms with van der Waals surface area (Å²) in [7, 11) is 0. The summed E-state index contributed by atoms with van der Waals surface area (Å²) in [6, 6.07) is 17.0. The Morgan fingerprint density at radius 2 is 1.41 bits per heavy atom. The van der Waals surface area contributed by atoms with E-state index in [9.17, 15) is 14.7 Å². The number of anilines is 1. The summed E-state index contributed by atoms with van der Waals surface area (Å²) >= 11 is 0. The second-order valence-corrected chi connectivity index (χ2v) is 8.72. The molecule has 8 rings (SSSR count). The zero-order valence-corrected chi connectivity index (χ0v) is 14.3. The molecule has 5 nitrogen and oxygen atoms in total. The summed E-state index contributed by atoms with van der Waals surface area (Å²) in [6.45, 7) is 0. The first-order valence-electron chi connectivity index (χ1n) is 9.50. The number of amides is 1. The van der Waals surface area contributed by atoms with Crippen LogP contribution in [0.15, 0.2) is 54.6 Å². The van der Waals surface area contributed by atoms with Crippen LogP contribution in [0.3, 0.4) is 0 Å². The molecular weight excluding hydrogens is 342 g/mol. The van der Waals surface area contributed by atoms with Crippen molar-refractivity contribution in [3.05, 3.63) is 54.6 Å². The third-order valence-electron chi connectivity index (χ3n) is 8.47. The number of rotatable bonds is 5. The molecule has 0 radical (unpaired) electrons. The highest BCUT2D eigenvalue weighted by Crippen LogP contribution is 3.10. The third-order valence-corrected chi connectivity index (χ3v) is 8.47. The van der Waals surface area contributed by atoms with Crippen LogP contribution >= 0.6 is 0 Å². The van der Waals surface area contributed by atoms with E-state index in [0.717, 1.165) is 11.4 Å². The average Bonchev–Trinajstić information content (AvgIpc) is 2.68. The van der Waals surface area contributed by atoms with Crippen LogP contribution in [-0.4, -0.2) is 17.0 Å². The van der Waals surface area contributed by atoms with Gasteiger partial charge in [0, 0.05) is 11.8 Å². The van der Waals surface area contributed by atoms with Gasteiger partial charge in [-0.15, -0.1) is 0 Å². The van der Waals surface area contributed by atoms with Gasteiger partial charge >= 0.3 is 5.97 Å². The first kappa shape index (κ1) is 14.3. The fourth-order valence-corrected chi connectivity index (χ4v) is 7.91. The third kappa shape index (κ3) is 1.15. The number of hydrogen-bond donors (Lipinski definition) is 2. The second-order valence-electron chi connectivity index (χ2n) is 8.72. The van der Waals surface area contributed by atoms with E-state index in [1.807, 2.05) is 54.6 Å². The molecule has 0 bridgehead atoms. The highest BCUT2D eigenvalue weighted by Gasteiger charge is 3.13. The zero-order chi connectivity index (χ0) is 18.1. The van der Waals surface area contributed by atoms with Gasteiger partial charge in [0.1, 0.15) is 11.5 Å². The summed E-state index contributed by atoms with van der Waals surface area (Å²) in [6.07, 6.45) is 0. The van der Waals surface area contributed by atoms with Crippen molar-refractivity contribution in [2.24, 2.45) is 46.3 Å². The molecular formula is C22H17NO4. The number of carboxylic acids is 1. The Labute approximate surface area is 155 Å². The van der Waals surface area contributed by atoms with Crippen LogP contribution < -0.4 is 10.1 Å². The van der Waals surface area contributed by atoms with Crippen molar-refractivity contribution >= 4 is 17.6 Å². The second kappa shape index (κ2) is 4.03. The number of carboxylic acid groups (broad SMARTS) is 1. The molecule has 0 aromatic heterocycles. The van der Waals surface area contributed by atoms with E-state index < -0.39 is 11.4 Å². The highest BCUT2D eigenvalue weighted by atomic mass is 16.5. The number of carbonyl (C=O) groups excluding carboxylic acids is 1. The van der Waals surface area contributed by atoms with Crippen LogP contribution in [0, 0.1) is 46.3 Å². The minimum Gasteiger partial charge on any atom is -0.481 e. The molecule has 134 valence electrons. The summed E-state index contributed by atoms with van der Waals surface area (Å²) in [5, 5.41) is 12.6. The number of hydrogen-bond acceptors (Lipinski definition) is 3. The molecule has 0 aliphatic heterocycles. The van der Waals surface area contributed by atoms with E-state index in [2.05, 4.69) is 5.32 Å². The quantitative estimate of drug-likeness (QED) is 0.859. The Hall–Kier alpha value is -2.82. The van der Waals surface area contributed by atoms with E-state index in [4.69, 9.17) is 4.74 Å². The van der Waals surface area contributed by atoms with Gasteiger partial charge in [-0.2, -0.15) is 0 Å². The Morgan fingerprint density at radius 1 is 0.815 bits per heavy atom. The summed E-state index contributed by atoms with van der Waals surface area (Å²) in [5.41, 5.74) is 0.0499. The molecule has 2 aromatic carbocycles. The highest BCUT2D eigenvalue weighted by molar-refractivity contribution is 6.04. The molecule has 2 N–H and O–H groups in total. The van der Waals surface area contributed by atoms with Crippen molar-refractivity contribution in [1.82, 2.24) is 0 Å². The van der Waals surface area contributed by atoms with Gasteiger partial charge in [0.15, 0.2) is 0 Å². The van der Waals surface area contributed by atoms with Gasteiger partial charge in [0.2, 0.25) is 5.91 Å². The maximum atomic E-state index is 13.0. The van der Waals surface area contributed by atoms with E-state index in [0.29, 0.717) is 23.5 Å². The largest absolute Gasteiger partial charge is 0.481 e. The maximum Gasteiger partial charge on any atom is 0.310 e. The van der Waals surface area contributed by atoms with Crippen molar-refractivity contribution in [2.75, 3.05) is 5.32 Å². The molecule has 5 heteroatoms. The van der Waals surface area contributed by atoms with E-state index in [-0.39, 0.29) is 29.1 Å². The van der Waals surface area contributed by atoms with Gasteiger partial charge in [-0.05, 0) is 59.8 Å². The van der Waals surface area contributed by atoms with Crippen LogP contribution in [0.4, 0.5) is 5.69 Å². The van der Waals surface area contributed by atoms with Crippen molar-refractivity contribution in [1.29, 1.82) is 0 Å². The van der Waals surface area contributed by atoms with Gasteiger partial charge in [0.05, 0.1) is 10.8 Å². The Kier molecular flexibility index (Phi) is 2.13. The van der Waals surface area contributed by atoms with Gasteiger partial charge in [-0.3, -0.25) is 9.59 Å². The van der Waals surface area contributed by atoms with Crippen LogP contribution in [0.5, 0.6) is 11.5 Å². The van der Waals surface area contributed by atoms with Crippen molar-refractivity contribution in [3.63, 3.8) is 0 Å². The summed E-state index contributed by atoms with van der Waals surface area (Å²) in [5.74, 6) is 2.66. The topological polar surface area (TPSA) is 75.6 Å². The number of nitrogens with one attached hydrogen (secondary N) is 1. The molecule has 0 heterocycles. The molecule has 1 amide bonds. The average molecular weight is 359 g/mol. The standard InChI is InChI=1S/C22H17NO4/c24-19(21-13-16-14(21)18-15(21)17(13)22(16,18)20(25)26)23-10-5-4-8-12(9-10)27-11-6-2-1-3-7-11/h1-9,13-18H,(H,23,24)(H,25,26).